The van der Waals surface area contributed by atoms with Gasteiger partial charge >= 0.3 is 11.9 Å². The van der Waals surface area contributed by atoms with Gasteiger partial charge in [0, 0.05) is 12.2 Å². The molecule has 0 aliphatic heterocycles. The zero-order chi connectivity index (χ0) is 20.2. The molecule has 0 heterocycles. The average molecular weight is 383 g/mol. The van der Waals surface area contributed by atoms with E-state index in [0.29, 0.717) is 6.61 Å². The van der Waals surface area contributed by atoms with Crippen LogP contribution in [-0.2, 0) is 19.1 Å². The Morgan fingerprint density at radius 2 is 1.11 bits per heavy atom. The average Bonchev–Trinajstić information content (AvgIpc) is 2.68. The number of rotatable bonds is 18. The van der Waals surface area contributed by atoms with Crippen LogP contribution >= 0.6 is 0 Å². The van der Waals surface area contributed by atoms with E-state index < -0.39 is 11.9 Å². The summed E-state index contributed by atoms with van der Waals surface area (Å²) in [6, 6.07) is 0. The minimum atomic E-state index is -0.481. The number of unbranched alkanes of at least 4 members (excludes halogenated alkanes) is 11. The van der Waals surface area contributed by atoms with Gasteiger partial charge in [-0.05, 0) is 19.3 Å². The van der Waals surface area contributed by atoms with Crippen LogP contribution in [0.15, 0.2) is 12.2 Å². The summed E-state index contributed by atoms with van der Waals surface area (Å²) in [5.74, 6) is -0.953. The Bertz CT molecular complexity index is 386. The van der Waals surface area contributed by atoms with E-state index in [1.54, 1.807) is 0 Å². The molecular formula is C23H42O4. The highest BCUT2D eigenvalue weighted by Crippen LogP contribution is 2.12. The third-order valence-electron chi connectivity index (χ3n) is 4.79. The first kappa shape index (κ1) is 25.7. The fourth-order valence-corrected chi connectivity index (χ4v) is 2.96. The molecule has 0 N–H and O–H groups in total. The summed E-state index contributed by atoms with van der Waals surface area (Å²) < 4.78 is 10.3. The van der Waals surface area contributed by atoms with Crippen LogP contribution in [0.5, 0.6) is 0 Å². The Kier molecular flexibility index (Phi) is 18.5. The highest BCUT2D eigenvalue weighted by Gasteiger charge is 2.08. The largest absolute Gasteiger partial charge is 0.463 e. The second kappa shape index (κ2) is 19.4. The third-order valence-corrected chi connectivity index (χ3v) is 4.79. The first-order valence-electron chi connectivity index (χ1n) is 11.2. The molecule has 4 nitrogen and oxygen atoms in total. The molecule has 0 aromatic heterocycles. The van der Waals surface area contributed by atoms with Crippen molar-refractivity contribution in [3.05, 3.63) is 12.2 Å². The van der Waals surface area contributed by atoms with Crippen molar-refractivity contribution in [1.82, 2.24) is 0 Å². The molecule has 0 radical (unpaired) electrons. The van der Waals surface area contributed by atoms with Crippen LogP contribution in [0.3, 0.4) is 0 Å². The van der Waals surface area contributed by atoms with Gasteiger partial charge in [-0.1, -0.05) is 91.4 Å². The molecule has 0 unspecified atom stereocenters. The van der Waals surface area contributed by atoms with Gasteiger partial charge in [0.1, 0.15) is 6.10 Å². The molecule has 0 aromatic rings. The standard InChI is InChI=1S/C23H42O4/c1-4-7-8-9-10-11-12-13-14-15-16-17-20-26-22(24)18-19-23(25)27-21(5-2)6-3/h18-19,21H,4-17,20H2,1-3H3/b19-18+. The Morgan fingerprint density at radius 1 is 0.667 bits per heavy atom. The minimum absolute atomic E-state index is 0.0840. The summed E-state index contributed by atoms with van der Waals surface area (Å²) in [6.45, 7) is 6.61. The summed E-state index contributed by atoms with van der Waals surface area (Å²) in [5, 5.41) is 0. The van der Waals surface area contributed by atoms with E-state index in [4.69, 9.17) is 9.47 Å². The molecule has 0 aliphatic carbocycles. The van der Waals surface area contributed by atoms with Gasteiger partial charge in [-0.3, -0.25) is 0 Å². The molecule has 4 heteroatoms. The van der Waals surface area contributed by atoms with Crippen molar-refractivity contribution in [2.24, 2.45) is 0 Å². The predicted octanol–water partition coefficient (Wildman–Crippen LogP) is 6.52. The van der Waals surface area contributed by atoms with Crippen molar-refractivity contribution in [2.45, 2.75) is 117 Å². The van der Waals surface area contributed by atoms with Crippen molar-refractivity contribution >= 4 is 11.9 Å². The fraction of sp³-hybridized carbons (Fsp3) is 0.826. The van der Waals surface area contributed by atoms with Crippen LogP contribution in [0.4, 0.5) is 0 Å². The molecule has 0 aliphatic rings. The van der Waals surface area contributed by atoms with E-state index in [-0.39, 0.29) is 6.10 Å². The number of carbonyl (C=O) groups is 2. The van der Waals surface area contributed by atoms with Gasteiger partial charge in [-0.2, -0.15) is 0 Å². The summed E-state index contributed by atoms with van der Waals surface area (Å²) >= 11 is 0. The van der Waals surface area contributed by atoms with Crippen molar-refractivity contribution in [2.75, 3.05) is 6.61 Å². The van der Waals surface area contributed by atoms with Crippen molar-refractivity contribution < 1.29 is 19.1 Å². The lowest BCUT2D eigenvalue weighted by Crippen LogP contribution is -2.15. The summed E-state index contributed by atoms with van der Waals surface area (Å²) in [7, 11) is 0. The lowest BCUT2D eigenvalue weighted by Gasteiger charge is -2.11. The van der Waals surface area contributed by atoms with E-state index in [1.807, 2.05) is 13.8 Å². The van der Waals surface area contributed by atoms with Gasteiger partial charge in [0.05, 0.1) is 6.61 Å². The van der Waals surface area contributed by atoms with Crippen molar-refractivity contribution in [3.63, 3.8) is 0 Å². The molecule has 0 rings (SSSR count). The maximum absolute atomic E-state index is 11.6. The Labute approximate surface area is 167 Å². The van der Waals surface area contributed by atoms with Crippen LogP contribution in [-0.4, -0.2) is 24.6 Å². The molecule has 0 fully saturated rings. The Balaban J connectivity index is 3.45. The lowest BCUT2D eigenvalue weighted by molar-refractivity contribution is -0.144. The monoisotopic (exact) mass is 382 g/mol. The third kappa shape index (κ3) is 17.8. The highest BCUT2D eigenvalue weighted by atomic mass is 16.5. The molecule has 0 spiro atoms. The van der Waals surface area contributed by atoms with E-state index >= 15 is 0 Å². The molecule has 0 bridgehead atoms. The van der Waals surface area contributed by atoms with E-state index in [1.165, 1.54) is 64.2 Å². The minimum Gasteiger partial charge on any atom is -0.463 e. The second-order valence-electron chi connectivity index (χ2n) is 7.27. The van der Waals surface area contributed by atoms with Crippen LogP contribution < -0.4 is 0 Å². The normalized spacial score (nSPS) is 11.3. The van der Waals surface area contributed by atoms with E-state index in [0.717, 1.165) is 37.8 Å². The second-order valence-corrected chi connectivity index (χ2v) is 7.27. The smallest absolute Gasteiger partial charge is 0.331 e. The maximum Gasteiger partial charge on any atom is 0.331 e. The molecule has 0 amide bonds. The maximum atomic E-state index is 11.6. The van der Waals surface area contributed by atoms with Crippen LogP contribution in [0.25, 0.3) is 0 Å². The summed E-state index contributed by atoms with van der Waals surface area (Å²) in [5.41, 5.74) is 0. The molecule has 0 saturated carbocycles. The van der Waals surface area contributed by atoms with Gasteiger partial charge in [0.2, 0.25) is 0 Å². The van der Waals surface area contributed by atoms with E-state index in [9.17, 15) is 9.59 Å². The Hall–Kier alpha value is -1.32. The molecule has 0 aromatic carbocycles. The zero-order valence-electron chi connectivity index (χ0n) is 18.0. The number of esters is 2. The summed E-state index contributed by atoms with van der Waals surface area (Å²) in [6.07, 6.45) is 19.1. The molecule has 27 heavy (non-hydrogen) atoms. The van der Waals surface area contributed by atoms with Gasteiger partial charge in [0.15, 0.2) is 0 Å². The van der Waals surface area contributed by atoms with Crippen molar-refractivity contribution in [1.29, 1.82) is 0 Å². The predicted molar refractivity (Wildman–Crippen MR) is 112 cm³/mol. The summed E-state index contributed by atoms with van der Waals surface area (Å²) in [4.78, 5) is 23.1. The van der Waals surface area contributed by atoms with Crippen molar-refractivity contribution in [3.8, 4) is 0 Å². The van der Waals surface area contributed by atoms with Gasteiger partial charge < -0.3 is 9.47 Å². The number of hydrogen-bond acceptors (Lipinski definition) is 4. The van der Waals surface area contributed by atoms with Gasteiger partial charge in [-0.15, -0.1) is 0 Å². The Morgan fingerprint density at radius 3 is 1.59 bits per heavy atom. The molecular weight excluding hydrogens is 340 g/mol. The SMILES string of the molecule is CCCCCCCCCCCCCCOC(=O)/C=C/C(=O)OC(CC)CC. The molecule has 158 valence electrons. The topological polar surface area (TPSA) is 52.6 Å². The molecule has 0 saturated heterocycles. The first-order chi connectivity index (χ1) is 13.1. The number of ether oxygens (including phenoxy) is 2. The van der Waals surface area contributed by atoms with Gasteiger partial charge in [0.25, 0.3) is 0 Å². The van der Waals surface area contributed by atoms with Crippen LogP contribution in [0, 0.1) is 0 Å². The molecule has 0 atom stereocenters. The van der Waals surface area contributed by atoms with Crippen LogP contribution in [0.1, 0.15) is 111 Å². The highest BCUT2D eigenvalue weighted by molar-refractivity contribution is 5.91. The van der Waals surface area contributed by atoms with Gasteiger partial charge in [-0.25, -0.2) is 9.59 Å². The number of carbonyl (C=O) groups excluding carboxylic acids is 2. The number of hydrogen-bond donors (Lipinski definition) is 0. The quantitative estimate of drug-likeness (QED) is 0.154. The lowest BCUT2D eigenvalue weighted by atomic mass is 10.1. The first-order valence-corrected chi connectivity index (χ1v) is 11.2. The van der Waals surface area contributed by atoms with E-state index in [2.05, 4.69) is 6.92 Å². The zero-order valence-corrected chi connectivity index (χ0v) is 18.0. The fourth-order valence-electron chi connectivity index (χ4n) is 2.96. The van der Waals surface area contributed by atoms with Crippen LogP contribution in [0.2, 0.25) is 0 Å².